The molecule has 0 aliphatic carbocycles. The maximum atomic E-state index is 5.53. The number of methoxy groups -OCH3 is 1. The van der Waals surface area contributed by atoms with Gasteiger partial charge in [0.1, 0.15) is 11.6 Å². The van der Waals surface area contributed by atoms with E-state index in [1.165, 1.54) is 5.69 Å². The number of aromatic nitrogens is 1. The lowest BCUT2D eigenvalue weighted by Crippen LogP contribution is -2.43. The minimum atomic E-state index is 0.380. The summed E-state index contributed by atoms with van der Waals surface area (Å²) in [5.74, 6) is 1.78. The van der Waals surface area contributed by atoms with Gasteiger partial charge in [-0.05, 0) is 31.2 Å². The topological polar surface area (TPSA) is 49.5 Å². The van der Waals surface area contributed by atoms with Gasteiger partial charge in [-0.25, -0.2) is 0 Å². The molecular formula is C16H21N3O2. The number of hydrogen-bond donors (Lipinski definition) is 2. The van der Waals surface area contributed by atoms with E-state index in [1.807, 2.05) is 18.3 Å². The summed E-state index contributed by atoms with van der Waals surface area (Å²) >= 11 is 0. The highest BCUT2D eigenvalue weighted by Gasteiger charge is 2.20. The molecule has 21 heavy (non-hydrogen) atoms. The molecule has 1 aliphatic heterocycles. The van der Waals surface area contributed by atoms with Crippen LogP contribution in [0.4, 0.5) is 17.2 Å². The zero-order chi connectivity index (χ0) is 14.7. The minimum Gasteiger partial charge on any atom is -0.494 e. The molecule has 0 unspecified atom stereocenters. The summed E-state index contributed by atoms with van der Waals surface area (Å²) in [5.41, 5.74) is 2.12. The molecule has 1 aromatic heterocycles. The molecular weight excluding hydrogens is 266 g/mol. The summed E-state index contributed by atoms with van der Waals surface area (Å²) in [6.45, 7) is 4.63. The van der Waals surface area contributed by atoms with E-state index in [0.717, 1.165) is 37.0 Å². The van der Waals surface area contributed by atoms with Crippen LogP contribution < -0.4 is 15.0 Å². The first-order chi connectivity index (χ1) is 10.3. The molecule has 2 aromatic rings. The molecule has 1 aliphatic rings. The van der Waals surface area contributed by atoms with Crippen LogP contribution in [0.5, 0.6) is 5.75 Å². The van der Waals surface area contributed by atoms with Crippen molar-refractivity contribution in [2.75, 3.05) is 37.1 Å². The molecule has 1 aromatic carbocycles. The van der Waals surface area contributed by atoms with Gasteiger partial charge in [-0.3, -0.25) is 0 Å². The first-order valence-corrected chi connectivity index (χ1v) is 7.21. The van der Waals surface area contributed by atoms with Crippen LogP contribution in [0.1, 0.15) is 6.92 Å². The SMILES string of the molecule is COc1cc(N2CCOC[C@@H]2C)ccc1Nc1ccc[nH]1. The molecule has 1 fully saturated rings. The molecule has 1 atom stereocenters. The van der Waals surface area contributed by atoms with Gasteiger partial charge in [0.2, 0.25) is 0 Å². The Labute approximate surface area is 124 Å². The van der Waals surface area contributed by atoms with E-state index in [2.05, 4.69) is 40.3 Å². The van der Waals surface area contributed by atoms with Gasteiger partial charge in [0.15, 0.2) is 0 Å². The lowest BCUT2D eigenvalue weighted by atomic mass is 10.2. The van der Waals surface area contributed by atoms with Gasteiger partial charge in [-0.2, -0.15) is 0 Å². The average molecular weight is 287 g/mol. The fraction of sp³-hybridized carbons (Fsp3) is 0.375. The maximum Gasteiger partial charge on any atom is 0.144 e. The number of benzene rings is 1. The number of anilines is 3. The molecule has 3 rings (SSSR count). The van der Waals surface area contributed by atoms with Crippen molar-refractivity contribution in [1.82, 2.24) is 4.98 Å². The van der Waals surface area contributed by atoms with Crippen LogP contribution in [-0.2, 0) is 4.74 Å². The first kappa shape index (κ1) is 13.8. The average Bonchev–Trinajstić information content (AvgIpc) is 3.01. The van der Waals surface area contributed by atoms with Gasteiger partial charge in [-0.1, -0.05) is 0 Å². The van der Waals surface area contributed by atoms with E-state index < -0.39 is 0 Å². The van der Waals surface area contributed by atoms with Crippen molar-refractivity contribution in [2.24, 2.45) is 0 Å². The molecule has 2 N–H and O–H groups in total. The van der Waals surface area contributed by atoms with Crippen LogP contribution in [0, 0.1) is 0 Å². The zero-order valence-corrected chi connectivity index (χ0v) is 12.4. The van der Waals surface area contributed by atoms with Crippen molar-refractivity contribution in [2.45, 2.75) is 13.0 Å². The summed E-state index contributed by atoms with van der Waals surface area (Å²) in [6.07, 6.45) is 1.89. The van der Waals surface area contributed by atoms with Crippen LogP contribution >= 0.6 is 0 Å². The highest BCUT2D eigenvalue weighted by Crippen LogP contribution is 2.32. The lowest BCUT2D eigenvalue weighted by molar-refractivity contribution is 0.0989. The van der Waals surface area contributed by atoms with E-state index in [1.54, 1.807) is 7.11 Å². The Kier molecular flexibility index (Phi) is 4.01. The summed E-state index contributed by atoms with van der Waals surface area (Å²) in [5, 5.41) is 3.32. The molecule has 0 bridgehead atoms. The predicted molar refractivity (Wildman–Crippen MR) is 84.7 cm³/mol. The fourth-order valence-electron chi connectivity index (χ4n) is 2.63. The summed E-state index contributed by atoms with van der Waals surface area (Å²) < 4.78 is 11.0. The summed E-state index contributed by atoms with van der Waals surface area (Å²) in [6, 6.07) is 10.6. The lowest BCUT2D eigenvalue weighted by Gasteiger charge is -2.35. The highest BCUT2D eigenvalue weighted by molar-refractivity contribution is 5.69. The fourth-order valence-corrected chi connectivity index (χ4v) is 2.63. The van der Waals surface area contributed by atoms with Gasteiger partial charge >= 0.3 is 0 Å². The molecule has 0 saturated carbocycles. The van der Waals surface area contributed by atoms with Crippen LogP contribution in [0.25, 0.3) is 0 Å². The van der Waals surface area contributed by atoms with Crippen LogP contribution in [0.2, 0.25) is 0 Å². The van der Waals surface area contributed by atoms with E-state index in [4.69, 9.17) is 9.47 Å². The second-order valence-corrected chi connectivity index (χ2v) is 5.21. The third-order valence-corrected chi connectivity index (χ3v) is 3.75. The van der Waals surface area contributed by atoms with Gasteiger partial charge < -0.3 is 24.7 Å². The highest BCUT2D eigenvalue weighted by atomic mass is 16.5. The Balaban J connectivity index is 1.84. The van der Waals surface area contributed by atoms with Crippen molar-refractivity contribution in [3.63, 3.8) is 0 Å². The number of nitrogens with one attached hydrogen (secondary N) is 2. The molecule has 112 valence electrons. The Bertz CT molecular complexity index is 583. The second kappa shape index (κ2) is 6.10. The number of morpholine rings is 1. The quantitative estimate of drug-likeness (QED) is 0.907. The monoisotopic (exact) mass is 287 g/mol. The molecule has 1 saturated heterocycles. The van der Waals surface area contributed by atoms with E-state index in [-0.39, 0.29) is 0 Å². The standard InChI is InChI=1S/C16H21N3O2/c1-12-11-21-9-8-19(12)13-5-6-14(15(10-13)20-2)18-16-4-3-7-17-16/h3-7,10,12,17-18H,8-9,11H2,1-2H3/t12-/m0/s1. The number of aromatic amines is 1. The van der Waals surface area contributed by atoms with Crippen molar-refractivity contribution in [3.05, 3.63) is 36.5 Å². The summed E-state index contributed by atoms with van der Waals surface area (Å²) in [4.78, 5) is 5.48. The largest absolute Gasteiger partial charge is 0.494 e. The number of hydrogen-bond acceptors (Lipinski definition) is 4. The van der Waals surface area contributed by atoms with Crippen LogP contribution in [0.3, 0.4) is 0 Å². The van der Waals surface area contributed by atoms with Crippen molar-refractivity contribution < 1.29 is 9.47 Å². The van der Waals surface area contributed by atoms with Crippen LogP contribution in [-0.4, -0.2) is 37.9 Å². The Morgan fingerprint density at radius 2 is 2.29 bits per heavy atom. The third kappa shape index (κ3) is 2.97. The molecule has 0 amide bonds. The van der Waals surface area contributed by atoms with Gasteiger partial charge in [-0.15, -0.1) is 0 Å². The van der Waals surface area contributed by atoms with Crippen molar-refractivity contribution in [1.29, 1.82) is 0 Å². The molecule has 0 radical (unpaired) electrons. The van der Waals surface area contributed by atoms with E-state index in [9.17, 15) is 0 Å². The minimum absolute atomic E-state index is 0.380. The van der Waals surface area contributed by atoms with Crippen LogP contribution in [0.15, 0.2) is 36.5 Å². The molecule has 2 heterocycles. The van der Waals surface area contributed by atoms with Gasteiger partial charge in [0.05, 0.1) is 26.0 Å². The number of rotatable bonds is 4. The number of ether oxygens (including phenoxy) is 2. The van der Waals surface area contributed by atoms with Crippen molar-refractivity contribution >= 4 is 17.2 Å². The second-order valence-electron chi connectivity index (χ2n) is 5.21. The summed E-state index contributed by atoms with van der Waals surface area (Å²) in [7, 11) is 1.70. The first-order valence-electron chi connectivity index (χ1n) is 7.21. The Morgan fingerprint density at radius 1 is 1.38 bits per heavy atom. The normalized spacial score (nSPS) is 18.6. The molecule has 5 heteroatoms. The van der Waals surface area contributed by atoms with E-state index in [0.29, 0.717) is 6.04 Å². The third-order valence-electron chi connectivity index (χ3n) is 3.75. The molecule has 0 spiro atoms. The zero-order valence-electron chi connectivity index (χ0n) is 12.4. The van der Waals surface area contributed by atoms with Gasteiger partial charge in [0, 0.05) is 30.5 Å². The predicted octanol–water partition coefficient (Wildman–Crippen LogP) is 2.99. The van der Waals surface area contributed by atoms with Crippen molar-refractivity contribution in [3.8, 4) is 5.75 Å². The smallest absolute Gasteiger partial charge is 0.144 e. The Morgan fingerprint density at radius 3 is 3.00 bits per heavy atom. The number of H-pyrrole nitrogens is 1. The Hall–Kier alpha value is -2.14. The molecule has 5 nitrogen and oxygen atoms in total. The maximum absolute atomic E-state index is 5.53. The van der Waals surface area contributed by atoms with E-state index >= 15 is 0 Å². The van der Waals surface area contributed by atoms with Gasteiger partial charge in [0.25, 0.3) is 0 Å². The number of nitrogens with zero attached hydrogens (tertiary/aromatic N) is 1.